The van der Waals surface area contributed by atoms with E-state index in [1.165, 1.54) is 6.92 Å². The maximum absolute atomic E-state index is 13.4. The summed E-state index contributed by atoms with van der Waals surface area (Å²) < 4.78 is 22.5. The van der Waals surface area contributed by atoms with Gasteiger partial charge in [-0.2, -0.15) is 0 Å². The van der Waals surface area contributed by atoms with Crippen LogP contribution in [-0.4, -0.2) is 81.2 Å². The van der Waals surface area contributed by atoms with Gasteiger partial charge in [0, 0.05) is 6.04 Å². The summed E-state index contributed by atoms with van der Waals surface area (Å²) in [5.74, 6) is -4.79. The molecule has 4 saturated heterocycles. The molecule has 2 saturated carbocycles. The van der Waals surface area contributed by atoms with Crippen molar-refractivity contribution >= 4 is 17.9 Å². The van der Waals surface area contributed by atoms with Crippen molar-refractivity contribution in [1.82, 2.24) is 0 Å². The van der Waals surface area contributed by atoms with Gasteiger partial charge < -0.3 is 40.0 Å². The zero-order valence-electron chi connectivity index (χ0n) is 17.4. The molecule has 11 heteroatoms. The molecule has 6 rings (SSSR count). The lowest BCUT2D eigenvalue weighted by molar-refractivity contribution is -0.239. The van der Waals surface area contributed by atoms with Crippen LogP contribution in [0.3, 0.4) is 0 Å². The number of fused-ring (bicyclic) bond motifs is 1. The molecule has 0 aromatic carbocycles. The summed E-state index contributed by atoms with van der Waals surface area (Å²) in [7, 11) is 0. The van der Waals surface area contributed by atoms with E-state index >= 15 is 0 Å². The summed E-state index contributed by atoms with van der Waals surface area (Å²) in [5, 5.41) is 34.8. The van der Waals surface area contributed by atoms with Crippen LogP contribution < -0.4 is 5.73 Å². The Labute approximate surface area is 176 Å². The molecule has 12 atom stereocenters. The maximum Gasteiger partial charge on any atom is 0.343 e. The van der Waals surface area contributed by atoms with Crippen LogP contribution >= 0.6 is 0 Å². The zero-order chi connectivity index (χ0) is 22.7. The lowest BCUT2D eigenvalue weighted by Gasteiger charge is -2.47. The van der Waals surface area contributed by atoms with Crippen molar-refractivity contribution in [3.8, 4) is 0 Å². The molecule has 4 aliphatic heterocycles. The third kappa shape index (κ3) is 1.43. The molecule has 11 nitrogen and oxygen atoms in total. The first kappa shape index (κ1) is 19.9. The topological polar surface area (TPSA) is 175 Å². The van der Waals surface area contributed by atoms with Gasteiger partial charge in [0.1, 0.15) is 12.2 Å². The Balaban J connectivity index is 1.75. The van der Waals surface area contributed by atoms with Crippen molar-refractivity contribution in [2.75, 3.05) is 0 Å². The van der Waals surface area contributed by atoms with Crippen LogP contribution in [0.1, 0.15) is 27.7 Å². The van der Waals surface area contributed by atoms with Crippen LogP contribution in [0.4, 0.5) is 0 Å². The van der Waals surface area contributed by atoms with Crippen LogP contribution in [0.2, 0.25) is 0 Å². The Morgan fingerprint density at radius 2 is 1.65 bits per heavy atom. The number of nitrogens with two attached hydrogens (primary N) is 1. The summed E-state index contributed by atoms with van der Waals surface area (Å²) in [4.78, 5) is 38.4. The minimum absolute atomic E-state index is 0.667. The van der Waals surface area contributed by atoms with E-state index in [0.717, 1.165) is 0 Å². The summed E-state index contributed by atoms with van der Waals surface area (Å²) in [6.45, 7) is 6.90. The summed E-state index contributed by atoms with van der Waals surface area (Å²) >= 11 is 0. The number of rotatable bonds is 0. The molecule has 0 aromatic heterocycles. The van der Waals surface area contributed by atoms with Gasteiger partial charge in [-0.25, -0.2) is 9.59 Å². The Bertz CT molecular complexity index is 962. The molecule has 5 N–H and O–H groups in total. The lowest BCUT2D eigenvalue weighted by atomic mass is 9.51. The minimum Gasteiger partial charge on any atom is -0.458 e. The molecule has 0 aromatic rings. The molecule has 4 heterocycles. The van der Waals surface area contributed by atoms with E-state index in [0.29, 0.717) is 0 Å². The second-order valence-corrected chi connectivity index (χ2v) is 10.9. The maximum atomic E-state index is 13.4. The second-order valence-electron chi connectivity index (χ2n) is 10.9. The van der Waals surface area contributed by atoms with Gasteiger partial charge in [-0.1, -0.05) is 20.8 Å². The molecule has 0 bridgehead atoms. The quantitative estimate of drug-likeness (QED) is 0.233. The molecule has 6 aliphatic rings. The van der Waals surface area contributed by atoms with E-state index in [2.05, 4.69) is 0 Å². The van der Waals surface area contributed by atoms with Crippen molar-refractivity contribution in [2.45, 2.75) is 75.6 Å². The molecule has 0 amide bonds. The molecule has 0 radical (unpaired) electrons. The van der Waals surface area contributed by atoms with Crippen LogP contribution in [0, 0.1) is 28.1 Å². The lowest BCUT2D eigenvalue weighted by Crippen LogP contribution is -2.67. The molecule has 2 aliphatic carbocycles. The average molecular weight is 439 g/mol. The predicted molar refractivity (Wildman–Crippen MR) is 95.4 cm³/mol. The van der Waals surface area contributed by atoms with Gasteiger partial charge in [-0.15, -0.1) is 0 Å². The number of carbonyl (C=O) groups is 3. The average Bonchev–Trinajstić information content (AvgIpc) is 3.35. The fourth-order valence-electron chi connectivity index (χ4n) is 8.41. The van der Waals surface area contributed by atoms with E-state index in [4.69, 9.17) is 24.7 Å². The van der Waals surface area contributed by atoms with E-state index in [1.807, 2.05) is 20.8 Å². The molecule has 6 fully saturated rings. The highest BCUT2D eigenvalue weighted by Crippen LogP contribution is 2.84. The SMILES string of the molecule is C[C@@H]1C(=O)O[C@H]2[C@H](O)[C@@]34[C@@H]5OC(=O)[C@@]3(O[C@@H]3OC(=O)[C@H](O)[C@]34[C@H](C(C)(C)C)[C@@H]5N)[C@@]12O. The standard InChI is InChI=1S/C20H25NO10/c1-5-12(24)28-11-8(22)18-10-6(21)7(16(2,3)4)17(18)9(23)13(25)30-15(17)31-20(18,14(26)29-10)19(5,11)27/h5-11,15,22-23,27H,21H2,1-4H3/t5-,6+,7+,8+,9+,10-,11+,15+,17-,18+,19-,20+/m1/s1. The summed E-state index contributed by atoms with van der Waals surface area (Å²) in [6.07, 6.45) is -7.75. The Hall–Kier alpha value is -1.79. The third-order valence-corrected chi connectivity index (χ3v) is 9.03. The number of hydrogen-bond acceptors (Lipinski definition) is 11. The van der Waals surface area contributed by atoms with E-state index in [-0.39, 0.29) is 0 Å². The highest BCUT2D eigenvalue weighted by molar-refractivity contribution is 5.94. The third-order valence-electron chi connectivity index (χ3n) is 9.03. The van der Waals surface area contributed by atoms with E-state index < -0.39 is 93.9 Å². The summed E-state index contributed by atoms with van der Waals surface area (Å²) in [5.41, 5.74) is -2.28. The number of aliphatic hydroxyl groups excluding tert-OH is 2. The first-order valence-corrected chi connectivity index (χ1v) is 10.4. The minimum atomic E-state index is -2.32. The van der Waals surface area contributed by atoms with Crippen molar-refractivity contribution < 1.29 is 48.7 Å². The number of esters is 3. The van der Waals surface area contributed by atoms with Gasteiger partial charge in [0.25, 0.3) is 0 Å². The number of carbonyl (C=O) groups excluding carboxylic acids is 3. The van der Waals surface area contributed by atoms with Crippen molar-refractivity contribution in [1.29, 1.82) is 0 Å². The van der Waals surface area contributed by atoms with Crippen molar-refractivity contribution in [3.05, 3.63) is 0 Å². The number of hydrogen-bond donors (Lipinski definition) is 4. The molecular formula is C20H25NO10. The highest BCUT2D eigenvalue weighted by Gasteiger charge is 3.04. The predicted octanol–water partition coefficient (Wildman–Crippen LogP) is -2.43. The van der Waals surface area contributed by atoms with Gasteiger partial charge >= 0.3 is 17.9 Å². The molecule has 31 heavy (non-hydrogen) atoms. The van der Waals surface area contributed by atoms with E-state index in [9.17, 15) is 29.7 Å². The normalized spacial score (nSPS) is 61.0. The van der Waals surface area contributed by atoms with Crippen LogP contribution in [-0.2, 0) is 33.3 Å². The van der Waals surface area contributed by atoms with Crippen molar-refractivity contribution in [3.63, 3.8) is 0 Å². The first-order valence-electron chi connectivity index (χ1n) is 10.4. The van der Waals surface area contributed by atoms with Crippen molar-refractivity contribution in [2.24, 2.45) is 33.8 Å². The fourth-order valence-corrected chi connectivity index (χ4v) is 8.41. The molecule has 0 unspecified atom stereocenters. The highest BCUT2D eigenvalue weighted by atomic mass is 16.8. The molecule has 170 valence electrons. The fraction of sp³-hybridized carbons (Fsp3) is 0.850. The smallest absolute Gasteiger partial charge is 0.343 e. The van der Waals surface area contributed by atoms with Crippen LogP contribution in [0.15, 0.2) is 0 Å². The van der Waals surface area contributed by atoms with Gasteiger partial charge in [0.05, 0.1) is 16.7 Å². The molecule has 2 spiro atoms. The number of ether oxygens (including phenoxy) is 4. The monoisotopic (exact) mass is 439 g/mol. The van der Waals surface area contributed by atoms with Gasteiger partial charge in [0.2, 0.25) is 11.9 Å². The summed E-state index contributed by atoms with van der Waals surface area (Å²) in [6, 6.07) is -0.926. The van der Waals surface area contributed by atoms with E-state index in [1.54, 1.807) is 0 Å². The van der Waals surface area contributed by atoms with Gasteiger partial charge in [-0.3, -0.25) is 4.79 Å². The van der Waals surface area contributed by atoms with Crippen LogP contribution in [0.25, 0.3) is 0 Å². The number of aliphatic hydroxyl groups is 3. The second kappa shape index (κ2) is 4.91. The zero-order valence-corrected chi connectivity index (χ0v) is 17.4. The Morgan fingerprint density at radius 1 is 1.00 bits per heavy atom. The molecular weight excluding hydrogens is 414 g/mol. The van der Waals surface area contributed by atoms with Crippen LogP contribution in [0.5, 0.6) is 0 Å². The largest absolute Gasteiger partial charge is 0.458 e. The van der Waals surface area contributed by atoms with Gasteiger partial charge in [-0.05, 0) is 18.3 Å². The first-order chi connectivity index (χ1) is 14.3. The van der Waals surface area contributed by atoms with Gasteiger partial charge in [0.15, 0.2) is 17.8 Å². The Kier molecular flexibility index (Phi) is 3.15. The Morgan fingerprint density at radius 3 is 2.26 bits per heavy atom.